The third-order valence-corrected chi connectivity index (χ3v) is 4.56. The Morgan fingerprint density at radius 1 is 1.48 bits per heavy atom. The lowest BCUT2D eigenvalue weighted by atomic mass is 10.0. The van der Waals surface area contributed by atoms with Crippen molar-refractivity contribution in [3.8, 4) is 5.75 Å². The Kier molecular flexibility index (Phi) is 5.30. The number of aromatic nitrogens is 2. The van der Waals surface area contributed by atoms with E-state index in [9.17, 15) is 0 Å². The molecule has 0 saturated carbocycles. The molecule has 0 radical (unpaired) electrons. The first-order valence-corrected chi connectivity index (χ1v) is 7.83. The van der Waals surface area contributed by atoms with Crippen molar-refractivity contribution in [3.63, 3.8) is 0 Å². The molecular weight excluding hydrogens is 354 g/mol. The van der Waals surface area contributed by atoms with Gasteiger partial charge in [0.1, 0.15) is 5.75 Å². The lowest BCUT2D eigenvalue weighted by molar-refractivity contribution is 0.400. The summed E-state index contributed by atoms with van der Waals surface area (Å²) < 4.78 is 8.32. The van der Waals surface area contributed by atoms with E-state index in [2.05, 4.69) is 32.4 Å². The molecule has 2 aromatic rings. The number of hydrogen-bond acceptors (Lipinski definition) is 3. The van der Waals surface area contributed by atoms with Gasteiger partial charge < -0.3 is 10.1 Å². The van der Waals surface area contributed by atoms with E-state index in [1.165, 1.54) is 0 Å². The molecule has 4 nitrogen and oxygen atoms in total. The topological polar surface area (TPSA) is 39.1 Å². The molecule has 114 valence electrons. The molecule has 1 N–H and O–H groups in total. The summed E-state index contributed by atoms with van der Waals surface area (Å²) in [5.74, 6) is 0.846. The van der Waals surface area contributed by atoms with Crippen LogP contribution in [0.15, 0.2) is 22.7 Å². The molecular formula is C15H19BrClN3O. The fraction of sp³-hybridized carbons (Fsp3) is 0.400. The SMILES string of the molecule is CNC(Cc1c(Cl)c(C)nn1C)c1ccc(Br)cc1OC. The molecule has 0 aliphatic carbocycles. The molecule has 0 fully saturated rings. The summed E-state index contributed by atoms with van der Waals surface area (Å²) in [5.41, 5.74) is 2.96. The first kappa shape index (κ1) is 16.3. The number of ether oxygens (including phenoxy) is 1. The Morgan fingerprint density at radius 2 is 2.19 bits per heavy atom. The van der Waals surface area contributed by atoms with Crippen molar-refractivity contribution in [1.29, 1.82) is 0 Å². The highest BCUT2D eigenvalue weighted by atomic mass is 79.9. The lowest BCUT2D eigenvalue weighted by Gasteiger charge is -2.20. The Labute approximate surface area is 138 Å². The Hall–Kier alpha value is -1.04. The molecule has 0 saturated heterocycles. The van der Waals surface area contributed by atoms with Crippen molar-refractivity contribution in [2.75, 3.05) is 14.2 Å². The van der Waals surface area contributed by atoms with Gasteiger partial charge in [-0.2, -0.15) is 5.10 Å². The monoisotopic (exact) mass is 371 g/mol. The zero-order valence-electron chi connectivity index (χ0n) is 12.6. The standard InChI is InChI=1S/C15H19BrClN3O/c1-9-15(17)13(20(3)19-9)8-12(18-2)11-6-5-10(16)7-14(11)21-4/h5-7,12,18H,8H2,1-4H3. The smallest absolute Gasteiger partial charge is 0.124 e. The Balaban J connectivity index is 2.36. The number of nitrogens with zero attached hydrogens (tertiary/aromatic N) is 2. The van der Waals surface area contributed by atoms with Gasteiger partial charge in [0.15, 0.2) is 0 Å². The largest absolute Gasteiger partial charge is 0.496 e. The summed E-state index contributed by atoms with van der Waals surface area (Å²) in [5, 5.41) is 8.43. The second-order valence-electron chi connectivity index (χ2n) is 4.90. The molecule has 6 heteroatoms. The van der Waals surface area contributed by atoms with Gasteiger partial charge in [0.25, 0.3) is 0 Å². The lowest BCUT2D eigenvalue weighted by Crippen LogP contribution is -2.21. The molecule has 0 aliphatic heterocycles. The van der Waals surface area contributed by atoms with E-state index in [1.54, 1.807) is 7.11 Å². The summed E-state index contributed by atoms with van der Waals surface area (Å²) in [6.07, 6.45) is 0.741. The van der Waals surface area contributed by atoms with Crippen molar-refractivity contribution >= 4 is 27.5 Å². The van der Waals surface area contributed by atoms with E-state index in [1.807, 2.05) is 37.8 Å². The van der Waals surface area contributed by atoms with Crippen LogP contribution >= 0.6 is 27.5 Å². The van der Waals surface area contributed by atoms with Crippen LogP contribution in [0.3, 0.4) is 0 Å². The molecule has 0 amide bonds. The average molecular weight is 373 g/mol. The number of methoxy groups -OCH3 is 1. The zero-order valence-corrected chi connectivity index (χ0v) is 14.9. The fourth-order valence-electron chi connectivity index (χ4n) is 2.44. The zero-order chi connectivity index (χ0) is 15.6. The summed E-state index contributed by atoms with van der Waals surface area (Å²) in [7, 11) is 5.53. The molecule has 1 atom stereocenters. The van der Waals surface area contributed by atoms with Crippen LogP contribution in [0.1, 0.15) is 23.0 Å². The van der Waals surface area contributed by atoms with Gasteiger partial charge in [0.05, 0.1) is 23.5 Å². The summed E-state index contributed by atoms with van der Waals surface area (Å²) in [4.78, 5) is 0. The van der Waals surface area contributed by atoms with Crippen molar-refractivity contribution in [2.45, 2.75) is 19.4 Å². The third kappa shape index (κ3) is 3.42. The van der Waals surface area contributed by atoms with E-state index in [-0.39, 0.29) is 6.04 Å². The first-order valence-electron chi connectivity index (χ1n) is 6.66. The molecule has 1 heterocycles. The van der Waals surface area contributed by atoms with Crippen LogP contribution in [-0.2, 0) is 13.5 Å². The van der Waals surface area contributed by atoms with Crippen LogP contribution in [-0.4, -0.2) is 23.9 Å². The van der Waals surface area contributed by atoms with E-state index in [4.69, 9.17) is 16.3 Å². The van der Waals surface area contributed by atoms with Crippen molar-refractivity contribution in [3.05, 3.63) is 44.6 Å². The second-order valence-corrected chi connectivity index (χ2v) is 6.19. The number of likely N-dealkylation sites (N-methyl/N-ethyl adjacent to an activating group) is 1. The number of halogens is 2. The molecule has 0 spiro atoms. The highest BCUT2D eigenvalue weighted by molar-refractivity contribution is 9.10. The minimum absolute atomic E-state index is 0.0975. The van der Waals surface area contributed by atoms with Gasteiger partial charge in [-0.15, -0.1) is 0 Å². The summed E-state index contributed by atoms with van der Waals surface area (Å²) in [6, 6.07) is 6.13. The van der Waals surface area contributed by atoms with Gasteiger partial charge in [-0.05, 0) is 26.1 Å². The molecule has 1 aromatic carbocycles. The molecule has 1 aromatic heterocycles. The highest BCUT2D eigenvalue weighted by Crippen LogP contribution is 2.32. The van der Waals surface area contributed by atoms with Crippen molar-refractivity contribution in [2.24, 2.45) is 7.05 Å². The Bertz CT molecular complexity index is 642. The first-order chi connectivity index (χ1) is 9.97. The van der Waals surface area contributed by atoms with Gasteiger partial charge in [-0.25, -0.2) is 0 Å². The van der Waals surface area contributed by atoms with Crippen LogP contribution in [0, 0.1) is 6.92 Å². The van der Waals surface area contributed by atoms with Crippen molar-refractivity contribution < 1.29 is 4.74 Å². The number of hydrogen-bond donors (Lipinski definition) is 1. The van der Waals surface area contributed by atoms with E-state index < -0.39 is 0 Å². The molecule has 0 aliphatic rings. The minimum Gasteiger partial charge on any atom is -0.496 e. The summed E-state index contributed by atoms with van der Waals surface area (Å²) >= 11 is 9.82. The van der Waals surface area contributed by atoms with E-state index in [0.717, 1.165) is 38.6 Å². The van der Waals surface area contributed by atoms with Crippen molar-refractivity contribution in [1.82, 2.24) is 15.1 Å². The molecule has 21 heavy (non-hydrogen) atoms. The van der Waals surface area contributed by atoms with Gasteiger partial charge in [-0.1, -0.05) is 33.6 Å². The third-order valence-electron chi connectivity index (χ3n) is 3.58. The van der Waals surface area contributed by atoms with Crippen LogP contribution in [0.4, 0.5) is 0 Å². The predicted molar refractivity (Wildman–Crippen MR) is 89.2 cm³/mol. The van der Waals surface area contributed by atoms with E-state index >= 15 is 0 Å². The number of benzene rings is 1. The summed E-state index contributed by atoms with van der Waals surface area (Å²) in [6.45, 7) is 1.92. The quantitative estimate of drug-likeness (QED) is 0.870. The molecule has 2 rings (SSSR count). The highest BCUT2D eigenvalue weighted by Gasteiger charge is 2.20. The van der Waals surface area contributed by atoms with Gasteiger partial charge >= 0.3 is 0 Å². The van der Waals surface area contributed by atoms with Crippen LogP contribution in [0.5, 0.6) is 5.75 Å². The van der Waals surface area contributed by atoms with Gasteiger partial charge in [0.2, 0.25) is 0 Å². The number of nitrogens with one attached hydrogen (secondary N) is 1. The number of aryl methyl sites for hydroxylation is 2. The maximum atomic E-state index is 6.35. The van der Waals surface area contributed by atoms with Crippen LogP contribution < -0.4 is 10.1 Å². The normalized spacial score (nSPS) is 12.5. The number of rotatable bonds is 5. The Morgan fingerprint density at radius 3 is 2.71 bits per heavy atom. The maximum absolute atomic E-state index is 6.35. The molecule has 0 bridgehead atoms. The van der Waals surface area contributed by atoms with Gasteiger partial charge in [-0.3, -0.25) is 4.68 Å². The second kappa shape index (κ2) is 6.81. The fourth-order valence-corrected chi connectivity index (χ4v) is 3.01. The van der Waals surface area contributed by atoms with E-state index in [0.29, 0.717) is 0 Å². The van der Waals surface area contributed by atoms with Crippen LogP contribution in [0.2, 0.25) is 5.02 Å². The minimum atomic E-state index is 0.0975. The maximum Gasteiger partial charge on any atom is 0.124 e. The van der Waals surface area contributed by atoms with Gasteiger partial charge in [0, 0.05) is 29.5 Å². The van der Waals surface area contributed by atoms with Crippen LogP contribution in [0.25, 0.3) is 0 Å². The molecule has 1 unspecified atom stereocenters. The predicted octanol–water partition coefficient (Wildman–Crippen LogP) is 3.66. The average Bonchev–Trinajstić information content (AvgIpc) is 2.70.